The van der Waals surface area contributed by atoms with Crippen LogP contribution >= 0.6 is 23.7 Å². The highest BCUT2D eigenvalue weighted by Crippen LogP contribution is 2.41. The zero-order valence-electron chi connectivity index (χ0n) is 18.2. The van der Waals surface area contributed by atoms with Crippen LogP contribution < -0.4 is 0 Å². The van der Waals surface area contributed by atoms with Crippen molar-refractivity contribution in [3.05, 3.63) is 119 Å². The predicted molar refractivity (Wildman–Crippen MR) is 135 cm³/mol. The normalized spacial score (nSPS) is 11.6. The van der Waals surface area contributed by atoms with Crippen LogP contribution in [0.5, 0.6) is 0 Å². The van der Waals surface area contributed by atoms with Crippen molar-refractivity contribution in [2.45, 2.75) is 6.18 Å². The van der Waals surface area contributed by atoms with E-state index in [1.165, 1.54) is 6.20 Å². The second-order valence-corrected chi connectivity index (χ2v) is 9.16. The van der Waals surface area contributed by atoms with E-state index in [9.17, 15) is 21.9 Å². The molecule has 0 N–H and O–H groups in total. The van der Waals surface area contributed by atoms with Gasteiger partial charge in [0, 0.05) is 22.7 Å². The molecule has 0 spiro atoms. The van der Waals surface area contributed by atoms with Gasteiger partial charge in [0.05, 0.1) is 16.8 Å². The van der Waals surface area contributed by atoms with Crippen LogP contribution in [-0.4, -0.2) is 20.5 Å². The molecule has 0 radical (unpaired) electrons. The summed E-state index contributed by atoms with van der Waals surface area (Å²) in [6, 6.07) is 24.2. The third-order valence-corrected chi connectivity index (χ3v) is 6.78. The summed E-state index contributed by atoms with van der Waals surface area (Å²) in [6.45, 7) is 0. The Morgan fingerprint density at radius 3 is 2.06 bits per heavy atom. The van der Waals surface area contributed by atoms with Crippen molar-refractivity contribution in [1.82, 2.24) is 8.96 Å². The third-order valence-electron chi connectivity index (χ3n) is 5.38. The summed E-state index contributed by atoms with van der Waals surface area (Å²) >= 11 is 0.448. The summed E-state index contributed by atoms with van der Waals surface area (Å²) in [5, 5.41) is -0.402. The van der Waals surface area contributed by atoms with Crippen LogP contribution in [0.4, 0.5) is 22.1 Å². The number of para-hydroxylation sites is 1. The molecule has 2 heterocycles. The molecule has 0 saturated carbocycles. The molecule has 0 aliphatic rings. The Labute approximate surface area is 211 Å². The van der Waals surface area contributed by atoms with Gasteiger partial charge in [0.15, 0.2) is 23.0 Å². The van der Waals surface area contributed by atoms with E-state index in [0.29, 0.717) is 39.1 Å². The van der Waals surface area contributed by atoms with Gasteiger partial charge in [0.2, 0.25) is 5.78 Å². The van der Waals surface area contributed by atoms with Crippen molar-refractivity contribution < 1.29 is 21.9 Å². The highest BCUT2D eigenvalue weighted by atomic mass is 32.2. The van der Waals surface area contributed by atoms with E-state index in [4.69, 9.17) is 0 Å². The van der Waals surface area contributed by atoms with Gasteiger partial charge in [0.1, 0.15) is 5.00 Å². The van der Waals surface area contributed by atoms with Crippen LogP contribution in [-0.2, 0) is 6.18 Å². The molecule has 0 amide bonds. The lowest BCUT2D eigenvalue weighted by atomic mass is 10.0. The summed E-state index contributed by atoms with van der Waals surface area (Å²) in [5.74, 6) is -0.739. The predicted octanol–water partition coefficient (Wildman–Crippen LogP) is 7.90. The number of nitrogens with zero attached hydrogens (tertiary/aromatic N) is 3. The summed E-state index contributed by atoms with van der Waals surface area (Å²) in [5.41, 5.74) is 0.774. The van der Waals surface area contributed by atoms with E-state index in [0.717, 1.165) is 3.97 Å². The van der Waals surface area contributed by atoms with Crippen molar-refractivity contribution in [2.24, 2.45) is 4.99 Å². The van der Waals surface area contributed by atoms with Crippen LogP contribution in [0.2, 0.25) is 0 Å². The minimum atomic E-state index is -4.84. The number of rotatable bonds is 6. The molecule has 180 valence electrons. The van der Waals surface area contributed by atoms with E-state index >= 15 is 0 Å². The van der Waals surface area contributed by atoms with E-state index in [1.54, 1.807) is 84.9 Å². The van der Waals surface area contributed by atoms with E-state index < -0.39 is 22.7 Å². The molecular weight excluding hydrogens is 510 g/mol. The van der Waals surface area contributed by atoms with Crippen molar-refractivity contribution >= 4 is 51.1 Å². The molecule has 0 aliphatic heterocycles. The van der Waals surface area contributed by atoms with Gasteiger partial charge in [-0.2, -0.15) is 13.2 Å². The number of carbonyl (C=O) groups is 1. The Balaban J connectivity index is 1.67. The molecule has 0 atom stereocenters. The Hall–Kier alpha value is -3.76. The fourth-order valence-electron chi connectivity index (χ4n) is 3.76. The number of carbonyl (C=O) groups excluding carboxylic acids is 1. The Kier molecular flexibility index (Phi) is 6.46. The van der Waals surface area contributed by atoms with Crippen LogP contribution in [0.1, 0.15) is 32.2 Å². The fraction of sp³-hybridized carbons (Fsp3) is 0.0385. The van der Waals surface area contributed by atoms with Gasteiger partial charge < -0.3 is 0 Å². The summed E-state index contributed by atoms with van der Waals surface area (Å²) < 4.78 is 56.6. The molecule has 0 fully saturated rings. The highest BCUT2D eigenvalue weighted by molar-refractivity contribution is 7.92. The second kappa shape index (κ2) is 9.71. The maximum atomic E-state index is 14.0. The number of hydrogen-bond donors (Lipinski definition) is 0. The van der Waals surface area contributed by atoms with Crippen molar-refractivity contribution in [1.29, 1.82) is 0 Å². The molecule has 36 heavy (non-hydrogen) atoms. The monoisotopic (exact) mass is 525 g/mol. The van der Waals surface area contributed by atoms with Crippen molar-refractivity contribution in [3.63, 3.8) is 0 Å². The van der Waals surface area contributed by atoms with Gasteiger partial charge >= 0.3 is 6.18 Å². The molecule has 3 aromatic carbocycles. The minimum Gasteiger partial charge on any atom is -0.286 e. The molecule has 0 aliphatic carbocycles. The molecule has 0 bridgehead atoms. The third kappa shape index (κ3) is 4.57. The summed E-state index contributed by atoms with van der Waals surface area (Å²) in [6.07, 6.45) is -3.58. The maximum Gasteiger partial charge on any atom is 0.436 e. The Morgan fingerprint density at radius 2 is 1.47 bits per heavy atom. The van der Waals surface area contributed by atoms with Gasteiger partial charge in [-0.15, -0.1) is 3.89 Å². The number of halogens is 4. The zero-order valence-corrected chi connectivity index (χ0v) is 19.9. The van der Waals surface area contributed by atoms with Gasteiger partial charge in [-0.05, 0) is 6.07 Å². The number of hydrogen-bond acceptors (Lipinski definition) is 5. The van der Waals surface area contributed by atoms with E-state index in [2.05, 4.69) is 9.98 Å². The number of alkyl halides is 3. The molecule has 5 aromatic rings. The van der Waals surface area contributed by atoms with E-state index in [1.807, 2.05) is 0 Å². The van der Waals surface area contributed by atoms with Crippen molar-refractivity contribution in [2.75, 3.05) is 0 Å². The SMILES string of the molecule is O=C(c1nc(C(F)(F)F)c(N=C(c2ccccc2)c2ccccc2)s1)c1cn(SF)c2ccccc12. The van der Waals surface area contributed by atoms with Crippen LogP contribution in [0, 0.1) is 0 Å². The molecule has 0 saturated heterocycles. The number of ketones is 1. The molecule has 4 nitrogen and oxygen atoms in total. The minimum absolute atomic E-state index is 0.0556. The number of fused-ring (bicyclic) bond motifs is 1. The lowest BCUT2D eigenvalue weighted by Gasteiger charge is -2.08. The van der Waals surface area contributed by atoms with Gasteiger partial charge in [-0.25, -0.2) is 9.98 Å². The lowest BCUT2D eigenvalue weighted by molar-refractivity contribution is -0.140. The number of benzene rings is 3. The van der Waals surface area contributed by atoms with Crippen LogP contribution in [0.25, 0.3) is 10.9 Å². The average molecular weight is 526 g/mol. The van der Waals surface area contributed by atoms with E-state index in [-0.39, 0.29) is 22.9 Å². The lowest BCUT2D eigenvalue weighted by Crippen LogP contribution is -2.08. The van der Waals surface area contributed by atoms with Crippen LogP contribution in [0.3, 0.4) is 0 Å². The first-order valence-electron chi connectivity index (χ1n) is 10.6. The second-order valence-electron chi connectivity index (χ2n) is 7.65. The Morgan fingerprint density at radius 1 is 0.889 bits per heavy atom. The number of aliphatic imine (C=N–C) groups is 1. The molecule has 0 unspecified atom stereocenters. The maximum absolute atomic E-state index is 14.0. The fourth-order valence-corrected chi connectivity index (χ4v) is 5.06. The first-order valence-corrected chi connectivity index (χ1v) is 12.1. The average Bonchev–Trinajstić information content (AvgIpc) is 3.50. The topological polar surface area (TPSA) is 47.2 Å². The van der Waals surface area contributed by atoms with Gasteiger partial charge in [-0.1, -0.05) is 90.2 Å². The molecule has 10 heteroatoms. The first kappa shape index (κ1) is 24.0. The Bertz CT molecular complexity index is 1530. The number of aromatic nitrogens is 2. The van der Waals surface area contributed by atoms with Gasteiger partial charge in [-0.3, -0.25) is 8.77 Å². The number of thiazole rings is 1. The van der Waals surface area contributed by atoms with Crippen molar-refractivity contribution in [3.8, 4) is 0 Å². The highest BCUT2D eigenvalue weighted by Gasteiger charge is 2.39. The standard InChI is InChI=1S/C26H15F4N3OS2/c27-26(28,29)23-25(31-21(16-9-3-1-4-10-16)17-11-5-2-6-12-17)35-24(32-23)22(34)19-15-33(36-30)20-14-8-7-13-18(19)20/h1-15H. The molecular formula is C26H15F4N3OS2. The van der Waals surface area contributed by atoms with Crippen LogP contribution in [0.15, 0.2) is 96.1 Å². The molecule has 5 rings (SSSR count). The van der Waals surface area contributed by atoms with Gasteiger partial charge in [0.25, 0.3) is 0 Å². The zero-order chi connectivity index (χ0) is 25.3. The summed E-state index contributed by atoms with van der Waals surface area (Å²) in [4.78, 5) is 21.3. The smallest absolute Gasteiger partial charge is 0.286 e. The largest absolute Gasteiger partial charge is 0.436 e. The quantitative estimate of drug-likeness (QED) is 0.129. The molecule has 2 aromatic heterocycles. The summed E-state index contributed by atoms with van der Waals surface area (Å²) in [7, 11) is 0. The first-order chi connectivity index (χ1) is 17.4.